The van der Waals surface area contributed by atoms with Crippen molar-refractivity contribution in [3.8, 4) is 5.75 Å². The van der Waals surface area contributed by atoms with Gasteiger partial charge in [-0.25, -0.2) is 4.90 Å². The van der Waals surface area contributed by atoms with Crippen LogP contribution in [0.2, 0.25) is 0 Å². The number of imide groups is 1. The predicted octanol–water partition coefficient (Wildman–Crippen LogP) is 1.53. The molecular formula is C16H15NO4. The fraction of sp³-hybridized carbons (Fsp3) is 0.375. The van der Waals surface area contributed by atoms with E-state index in [9.17, 15) is 9.59 Å². The summed E-state index contributed by atoms with van der Waals surface area (Å²) < 4.78 is 10.9. The van der Waals surface area contributed by atoms with Gasteiger partial charge in [0.05, 0.1) is 36.3 Å². The Bertz CT molecular complexity index is 665. The smallest absolute Gasteiger partial charge is 0.241 e. The van der Waals surface area contributed by atoms with Gasteiger partial charge >= 0.3 is 0 Å². The lowest BCUT2D eigenvalue weighted by molar-refractivity contribution is -0.126. The molecule has 1 aromatic rings. The van der Waals surface area contributed by atoms with Gasteiger partial charge in [-0.2, -0.15) is 0 Å². The maximum absolute atomic E-state index is 12.7. The molecule has 4 atom stereocenters. The second-order valence-electron chi connectivity index (χ2n) is 5.84. The molecule has 1 aromatic carbocycles. The Morgan fingerprint density at radius 2 is 1.90 bits per heavy atom. The van der Waals surface area contributed by atoms with Gasteiger partial charge in [0.15, 0.2) is 0 Å². The number of hydrogen-bond donors (Lipinski definition) is 0. The molecule has 5 nitrogen and oxygen atoms in total. The molecule has 0 unspecified atom stereocenters. The van der Waals surface area contributed by atoms with Crippen LogP contribution < -0.4 is 9.64 Å². The Morgan fingerprint density at radius 3 is 2.52 bits per heavy atom. The maximum Gasteiger partial charge on any atom is 0.241 e. The third-order valence-corrected chi connectivity index (χ3v) is 4.66. The normalized spacial score (nSPS) is 36.5. The Labute approximate surface area is 122 Å². The molecule has 2 saturated heterocycles. The molecule has 5 heteroatoms. The molecule has 3 aliphatic rings. The number of rotatable bonds is 2. The number of hydrogen-bond acceptors (Lipinski definition) is 4. The summed E-state index contributed by atoms with van der Waals surface area (Å²) in [5.74, 6) is -0.468. The van der Waals surface area contributed by atoms with E-state index in [4.69, 9.17) is 9.47 Å². The van der Waals surface area contributed by atoms with Crippen LogP contribution in [-0.2, 0) is 14.3 Å². The van der Waals surface area contributed by atoms with Gasteiger partial charge in [-0.1, -0.05) is 12.2 Å². The summed E-state index contributed by atoms with van der Waals surface area (Å²) in [4.78, 5) is 26.6. The van der Waals surface area contributed by atoms with Crippen molar-refractivity contribution >= 4 is 17.5 Å². The second kappa shape index (κ2) is 3.95. The fourth-order valence-corrected chi connectivity index (χ4v) is 3.64. The van der Waals surface area contributed by atoms with E-state index in [2.05, 4.69) is 0 Å². The highest BCUT2D eigenvalue weighted by Crippen LogP contribution is 2.52. The van der Waals surface area contributed by atoms with Gasteiger partial charge in [-0.3, -0.25) is 9.59 Å². The number of fused-ring (bicyclic) bond motifs is 5. The lowest BCUT2D eigenvalue weighted by Gasteiger charge is -2.24. The van der Waals surface area contributed by atoms with Crippen LogP contribution >= 0.6 is 0 Å². The molecule has 108 valence electrons. The van der Waals surface area contributed by atoms with E-state index in [0.29, 0.717) is 11.4 Å². The molecule has 4 rings (SSSR count). The number of anilines is 1. The summed E-state index contributed by atoms with van der Waals surface area (Å²) in [6.07, 6.45) is 3.52. The van der Waals surface area contributed by atoms with Crippen LogP contribution in [0.15, 0.2) is 36.4 Å². The minimum Gasteiger partial charge on any atom is -0.497 e. The van der Waals surface area contributed by atoms with Gasteiger partial charge in [0.2, 0.25) is 11.8 Å². The van der Waals surface area contributed by atoms with Crippen molar-refractivity contribution in [3.05, 3.63) is 36.4 Å². The van der Waals surface area contributed by atoms with Gasteiger partial charge in [-0.05, 0) is 31.2 Å². The Hall–Kier alpha value is -2.14. The van der Waals surface area contributed by atoms with Gasteiger partial charge in [0.25, 0.3) is 0 Å². The molecule has 0 N–H and O–H groups in total. The molecule has 0 saturated carbocycles. The lowest BCUT2D eigenvalue weighted by Crippen LogP contribution is -2.38. The molecule has 2 fully saturated rings. The molecule has 21 heavy (non-hydrogen) atoms. The van der Waals surface area contributed by atoms with Crippen LogP contribution in [0.5, 0.6) is 5.75 Å². The summed E-state index contributed by atoms with van der Waals surface area (Å²) in [6.45, 7) is 1.87. The first-order chi connectivity index (χ1) is 10.0. The van der Waals surface area contributed by atoms with E-state index in [1.54, 1.807) is 31.4 Å². The number of amides is 2. The summed E-state index contributed by atoms with van der Waals surface area (Å²) >= 11 is 0. The van der Waals surface area contributed by atoms with Crippen molar-refractivity contribution in [1.82, 2.24) is 0 Å². The predicted molar refractivity (Wildman–Crippen MR) is 74.9 cm³/mol. The number of methoxy groups -OCH3 is 1. The monoisotopic (exact) mass is 285 g/mol. The zero-order valence-electron chi connectivity index (χ0n) is 11.8. The molecule has 0 radical (unpaired) electrons. The highest BCUT2D eigenvalue weighted by molar-refractivity contribution is 6.23. The van der Waals surface area contributed by atoms with E-state index in [0.717, 1.165) is 0 Å². The number of benzene rings is 1. The van der Waals surface area contributed by atoms with Crippen LogP contribution in [-0.4, -0.2) is 30.6 Å². The van der Waals surface area contributed by atoms with E-state index in [1.807, 2.05) is 19.1 Å². The largest absolute Gasteiger partial charge is 0.497 e. The van der Waals surface area contributed by atoms with Crippen LogP contribution in [0.3, 0.4) is 0 Å². The van der Waals surface area contributed by atoms with Crippen molar-refractivity contribution < 1.29 is 19.1 Å². The lowest BCUT2D eigenvalue weighted by atomic mass is 9.78. The Kier molecular flexibility index (Phi) is 2.37. The molecule has 0 spiro atoms. The molecule has 2 amide bonds. The molecule has 3 aliphatic heterocycles. The summed E-state index contributed by atoms with van der Waals surface area (Å²) in [5, 5.41) is 0. The number of ether oxygens (including phenoxy) is 2. The molecule has 3 heterocycles. The average Bonchev–Trinajstić information content (AvgIpc) is 3.09. The van der Waals surface area contributed by atoms with Gasteiger partial charge in [0, 0.05) is 0 Å². The molecule has 0 aromatic heterocycles. The molecule has 0 aliphatic carbocycles. The van der Waals surface area contributed by atoms with E-state index in [-0.39, 0.29) is 17.9 Å². The van der Waals surface area contributed by atoms with Gasteiger partial charge in [-0.15, -0.1) is 0 Å². The first-order valence-electron chi connectivity index (χ1n) is 6.94. The fourth-order valence-electron chi connectivity index (χ4n) is 3.64. The Balaban J connectivity index is 1.72. The third-order valence-electron chi connectivity index (χ3n) is 4.66. The van der Waals surface area contributed by atoms with E-state index >= 15 is 0 Å². The molecule has 2 bridgehead atoms. The van der Waals surface area contributed by atoms with Crippen molar-refractivity contribution in [2.24, 2.45) is 11.8 Å². The second-order valence-corrected chi connectivity index (χ2v) is 5.84. The third kappa shape index (κ3) is 1.49. The molecular weight excluding hydrogens is 270 g/mol. The van der Waals surface area contributed by atoms with Crippen LogP contribution in [0.4, 0.5) is 5.69 Å². The van der Waals surface area contributed by atoms with E-state index < -0.39 is 17.4 Å². The number of nitrogens with zero attached hydrogens (tertiary/aromatic N) is 1. The van der Waals surface area contributed by atoms with Gasteiger partial charge < -0.3 is 9.47 Å². The minimum absolute atomic E-state index is 0.173. The van der Waals surface area contributed by atoms with Gasteiger partial charge in [0.1, 0.15) is 5.75 Å². The SMILES string of the molecule is COc1ccc(N2C(=O)[C@@H]3[C@@H]4C=C[C@@](C)(O4)[C@H]3C2=O)cc1. The summed E-state index contributed by atoms with van der Waals surface area (Å²) in [7, 11) is 1.58. The van der Waals surface area contributed by atoms with Crippen LogP contribution in [0.1, 0.15) is 6.92 Å². The first kappa shape index (κ1) is 12.6. The number of carbonyl (C=O) groups excluding carboxylic acids is 2. The summed E-state index contributed by atoms with van der Waals surface area (Å²) in [5.41, 5.74) is -0.0632. The van der Waals surface area contributed by atoms with Crippen molar-refractivity contribution in [2.45, 2.75) is 18.6 Å². The first-order valence-corrected chi connectivity index (χ1v) is 6.94. The maximum atomic E-state index is 12.7. The zero-order chi connectivity index (χ0) is 14.8. The van der Waals surface area contributed by atoms with E-state index in [1.165, 1.54) is 4.90 Å². The topological polar surface area (TPSA) is 55.8 Å². The summed E-state index contributed by atoms with van der Waals surface area (Å²) in [6, 6.07) is 6.95. The zero-order valence-corrected chi connectivity index (χ0v) is 11.8. The average molecular weight is 285 g/mol. The van der Waals surface area contributed by atoms with Crippen LogP contribution in [0, 0.1) is 11.8 Å². The highest BCUT2D eigenvalue weighted by Gasteiger charge is 2.65. The van der Waals surface area contributed by atoms with Crippen molar-refractivity contribution in [2.75, 3.05) is 12.0 Å². The van der Waals surface area contributed by atoms with Crippen molar-refractivity contribution in [3.63, 3.8) is 0 Å². The highest BCUT2D eigenvalue weighted by atomic mass is 16.5. The quantitative estimate of drug-likeness (QED) is 0.611. The minimum atomic E-state index is -0.650. The van der Waals surface area contributed by atoms with Crippen molar-refractivity contribution in [1.29, 1.82) is 0 Å². The number of carbonyl (C=O) groups is 2. The van der Waals surface area contributed by atoms with Crippen LogP contribution in [0.25, 0.3) is 0 Å². The standard InChI is InChI=1S/C16H15NO4/c1-16-8-7-11(21-16)12-13(16)15(19)17(14(12)18)9-3-5-10(20-2)6-4-9/h3-8,11-13H,1-2H3/t11-,12+,13+,16+/m0/s1. The Morgan fingerprint density at radius 1 is 1.19 bits per heavy atom.